The van der Waals surface area contributed by atoms with Crippen LogP contribution in [0.4, 0.5) is 8.78 Å². The Morgan fingerprint density at radius 3 is 2.42 bits per heavy atom. The summed E-state index contributed by atoms with van der Waals surface area (Å²) in [5, 5.41) is 0. The third-order valence-electron chi connectivity index (χ3n) is 3.83. The number of nitrogens with zero attached hydrogens (tertiary/aromatic N) is 1. The first-order valence-electron chi connectivity index (χ1n) is 6.80. The molecule has 2 nitrogen and oxygen atoms in total. The van der Waals surface area contributed by atoms with E-state index in [1.807, 2.05) is 0 Å². The predicted molar refractivity (Wildman–Crippen MR) is 72.7 cm³/mol. The molecule has 0 aromatic heterocycles. The van der Waals surface area contributed by atoms with Crippen LogP contribution in [0.3, 0.4) is 0 Å². The lowest BCUT2D eigenvalue weighted by Gasteiger charge is -2.21. The summed E-state index contributed by atoms with van der Waals surface area (Å²) in [5.74, 6) is -1.12. The second-order valence-electron chi connectivity index (χ2n) is 6.29. The predicted octanol–water partition coefficient (Wildman–Crippen LogP) is 3.09. The minimum Gasteiger partial charge on any atom is -0.324 e. The Labute approximate surface area is 113 Å². The monoisotopic (exact) mass is 268 g/mol. The normalized spacial score (nSPS) is 20.7. The maximum Gasteiger partial charge on any atom is 0.126 e. The molecule has 2 rings (SSSR count). The van der Waals surface area contributed by atoms with Crippen molar-refractivity contribution in [2.24, 2.45) is 11.1 Å². The summed E-state index contributed by atoms with van der Waals surface area (Å²) in [6, 6.07) is 3.21. The van der Waals surface area contributed by atoms with Crippen LogP contribution >= 0.6 is 0 Å². The zero-order valence-corrected chi connectivity index (χ0v) is 11.6. The van der Waals surface area contributed by atoms with Crippen LogP contribution in [0.5, 0.6) is 0 Å². The zero-order chi connectivity index (χ0) is 14.0. The summed E-state index contributed by atoms with van der Waals surface area (Å²) in [5.41, 5.74) is 6.93. The largest absolute Gasteiger partial charge is 0.324 e. The highest BCUT2D eigenvalue weighted by Crippen LogP contribution is 2.29. The Morgan fingerprint density at radius 2 is 1.89 bits per heavy atom. The number of hydrogen-bond acceptors (Lipinski definition) is 2. The summed E-state index contributed by atoms with van der Waals surface area (Å²) in [7, 11) is 0. The van der Waals surface area contributed by atoms with Crippen molar-refractivity contribution in [3.63, 3.8) is 0 Å². The van der Waals surface area contributed by atoms with E-state index >= 15 is 0 Å². The topological polar surface area (TPSA) is 29.3 Å². The molecule has 1 unspecified atom stereocenters. The van der Waals surface area contributed by atoms with Gasteiger partial charge in [0.1, 0.15) is 11.6 Å². The zero-order valence-electron chi connectivity index (χ0n) is 11.6. The molecule has 0 radical (unpaired) electrons. The molecule has 1 heterocycles. The molecule has 1 aliphatic heterocycles. The van der Waals surface area contributed by atoms with Gasteiger partial charge in [-0.1, -0.05) is 13.8 Å². The molecule has 0 aliphatic carbocycles. The first kappa shape index (κ1) is 14.4. The van der Waals surface area contributed by atoms with E-state index in [1.165, 1.54) is 18.6 Å². The van der Waals surface area contributed by atoms with E-state index in [2.05, 4.69) is 18.7 Å². The summed E-state index contributed by atoms with van der Waals surface area (Å²) in [6.07, 6.45) is 1.91. The van der Waals surface area contributed by atoms with Gasteiger partial charge in [0.05, 0.1) is 0 Å². The molecule has 1 aliphatic rings. The molecule has 0 bridgehead atoms. The highest BCUT2D eigenvalue weighted by atomic mass is 19.1. The lowest BCUT2D eigenvalue weighted by atomic mass is 9.93. The van der Waals surface area contributed by atoms with Gasteiger partial charge in [-0.25, -0.2) is 8.78 Å². The molecule has 1 saturated heterocycles. The maximum absolute atomic E-state index is 13.1. The van der Waals surface area contributed by atoms with Gasteiger partial charge in [-0.3, -0.25) is 0 Å². The Kier molecular flexibility index (Phi) is 4.21. The van der Waals surface area contributed by atoms with Crippen LogP contribution in [0.25, 0.3) is 0 Å². The molecule has 1 atom stereocenters. The number of nitrogens with two attached hydrogens (primary N) is 1. The standard InChI is InChI=1S/C15H22F2N2/c1-15(2)4-6-19(10-15)5-3-14(18)11-7-12(16)9-13(17)8-11/h7-9,14H,3-6,10,18H2,1-2H3. The van der Waals surface area contributed by atoms with Gasteiger partial charge in [-0.05, 0) is 49.0 Å². The number of benzene rings is 1. The van der Waals surface area contributed by atoms with E-state index in [1.54, 1.807) is 0 Å². The third-order valence-corrected chi connectivity index (χ3v) is 3.83. The van der Waals surface area contributed by atoms with Crippen LogP contribution in [-0.2, 0) is 0 Å². The number of halogens is 2. The molecular weight excluding hydrogens is 246 g/mol. The van der Waals surface area contributed by atoms with Crippen LogP contribution in [0, 0.1) is 17.0 Å². The highest BCUT2D eigenvalue weighted by molar-refractivity contribution is 5.21. The van der Waals surface area contributed by atoms with Crippen molar-refractivity contribution < 1.29 is 8.78 Å². The molecule has 19 heavy (non-hydrogen) atoms. The molecule has 106 valence electrons. The van der Waals surface area contributed by atoms with Crippen molar-refractivity contribution >= 4 is 0 Å². The highest BCUT2D eigenvalue weighted by Gasteiger charge is 2.28. The van der Waals surface area contributed by atoms with Crippen molar-refractivity contribution in [3.8, 4) is 0 Å². The van der Waals surface area contributed by atoms with E-state index < -0.39 is 11.6 Å². The smallest absolute Gasteiger partial charge is 0.126 e. The first-order valence-corrected chi connectivity index (χ1v) is 6.80. The number of rotatable bonds is 4. The van der Waals surface area contributed by atoms with E-state index in [9.17, 15) is 8.78 Å². The van der Waals surface area contributed by atoms with Crippen molar-refractivity contribution in [1.82, 2.24) is 4.90 Å². The molecular formula is C15H22F2N2. The number of hydrogen-bond donors (Lipinski definition) is 1. The van der Waals surface area contributed by atoms with Gasteiger partial charge >= 0.3 is 0 Å². The quantitative estimate of drug-likeness (QED) is 0.909. The van der Waals surface area contributed by atoms with E-state index in [-0.39, 0.29) is 6.04 Å². The van der Waals surface area contributed by atoms with Crippen LogP contribution in [-0.4, -0.2) is 24.5 Å². The van der Waals surface area contributed by atoms with Gasteiger partial charge in [-0.15, -0.1) is 0 Å². The molecule has 1 aromatic rings. The molecule has 4 heteroatoms. The molecule has 0 saturated carbocycles. The fourth-order valence-electron chi connectivity index (χ4n) is 2.69. The SMILES string of the molecule is CC1(C)CCN(CCC(N)c2cc(F)cc(F)c2)C1. The Balaban J connectivity index is 1.89. The number of likely N-dealkylation sites (tertiary alicyclic amines) is 1. The second kappa shape index (κ2) is 5.55. The van der Waals surface area contributed by atoms with Gasteiger partial charge in [0, 0.05) is 18.7 Å². The Bertz CT molecular complexity index is 426. The van der Waals surface area contributed by atoms with E-state index in [0.29, 0.717) is 11.0 Å². The third kappa shape index (κ3) is 3.98. The Hall–Kier alpha value is -1.00. The lowest BCUT2D eigenvalue weighted by molar-refractivity contribution is 0.281. The van der Waals surface area contributed by atoms with E-state index in [0.717, 1.165) is 32.1 Å². The summed E-state index contributed by atoms with van der Waals surface area (Å²) in [4.78, 5) is 2.37. The lowest BCUT2D eigenvalue weighted by Crippen LogP contribution is -2.27. The van der Waals surface area contributed by atoms with Crippen LogP contribution < -0.4 is 5.73 Å². The van der Waals surface area contributed by atoms with Gasteiger partial charge in [-0.2, -0.15) is 0 Å². The summed E-state index contributed by atoms with van der Waals surface area (Å²) in [6.45, 7) is 7.54. The van der Waals surface area contributed by atoms with E-state index in [4.69, 9.17) is 5.73 Å². The fraction of sp³-hybridized carbons (Fsp3) is 0.600. The van der Waals surface area contributed by atoms with Gasteiger partial charge < -0.3 is 10.6 Å². The summed E-state index contributed by atoms with van der Waals surface area (Å²) < 4.78 is 26.3. The second-order valence-corrected chi connectivity index (χ2v) is 6.29. The average molecular weight is 268 g/mol. The maximum atomic E-state index is 13.1. The van der Waals surface area contributed by atoms with Gasteiger partial charge in [0.25, 0.3) is 0 Å². The van der Waals surface area contributed by atoms with Crippen molar-refractivity contribution in [1.29, 1.82) is 0 Å². The van der Waals surface area contributed by atoms with Crippen molar-refractivity contribution in [2.45, 2.75) is 32.7 Å². The molecule has 1 fully saturated rings. The Morgan fingerprint density at radius 1 is 1.26 bits per heavy atom. The van der Waals surface area contributed by atoms with Crippen LogP contribution in [0.2, 0.25) is 0 Å². The van der Waals surface area contributed by atoms with Gasteiger partial charge in [0.15, 0.2) is 0 Å². The summed E-state index contributed by atoms with van der Waals surface area (Å²) >= 11 is 0. The molecule has 0 amide bonds. The van der Waals surface area contributed by atoms with Crippen LogP contribution in [0.15, 0.2) is 18.2 Å². The fourth-order valence-corrected chi connectivity index (χ4v) is 2.69. The van der Waals surface area contributed by atoms with Crippen molar-refractivity contribution in [3.05, 3.63) is 35.4 Å². The average Bonchev–Trinajstić information content (AvgIpc) is 2.64. The molecule has 2 N–H and O–H groups in total. The minimum absolute atomic E-state index is 0.311. The molecule has 0 spiro atoms. The van der Waals surface area contributed by atoms with Crippen LogP contribution in [0.1, 0.15) is 38.3 Å². The van der Waals surface area contributed by atoms with Crippen molar-refractivity contribution in [2.75, 3.05) is 19.6 Å². The minimum atomic E-state index is -0.562. The first-order chi connectivity index (χ1) is 8.85. The molecule has 1 aromatic carbocycles. The van der Waals surface area contributed by atoms with Gasteiger partial charge in [0.2, 0.25) is 0 Å².